The van der Waals surface area contributed by atoms with E-state index in [1.807, 2.05) is 0 Å². The number of hydrogen-bond donors (Lipinski definition) is 1. The Kier molecular flexibility index (Phi) is 6.52. The number of nitrogens with one attached hydrogen (secondary N) is 1. The maximum Gasteiger partial charge on any atom is 0.119 e. The molecule has 1 aromatic carbocycles. The molecule has 0 amide bonds. The van der Waals surface area contributed by atoms with Crippen LogP contribution in [0.3, 0.4) is 0 Å². The molecule has 3 nitrogen and oxygen atoms in total. The fraction of sp³-hybridized carbons (Fsp3) is 0.667. The number of hydrogen-bond acceptors (Lipinski definition) is 3. The maximum absolute atomic E-state index is 5.91. The molecule has 0 bridgehead atoms. The average molecular weight is 290 g/mol. The van der Waals surface area contributed by atoms with E-state index in [-0.39, 0.29) is 0 Å². The van der Waals surface area contributed by atoms with Crippen molar-refractivity contribution in [2.75, 3.05) is 19.7 Å². The number of benzene rings is 1. The van der Waals surface area contributed by atoms with Gasteiger partial charge in [-0.2, -0.15) is 0 Å². The zero-order valence-electron chi connectivity index (χ0n) is 13.8. The Morgan fingerprint density at radius 1 is 1.19 bits per heavy atom. The first-order valence-electron chi connectivity index (χ1n) is 8.42. The molecule has 1 heterocycles. The molecule has 1 N–H and O–H groups in total. The van der Waals surface area contributed by atoms with Crippen LogP contribution in [0.15, 0.2) is 24.3 Å². The SMILES string of the molecule is CCNCc1ccc(OCCN2C(C)CCC2CC)cc1. The molecule has 1 aromatic rings. The molecule has 2 unspecified atom stereocenters. The van der Waals surface area contributed by atoms with Crippen molar-refractivity contribution in [1.29, 1.82) is 0 Å². The van der Waals surface area contributed by atoms with Crippen LogP contribution >= 0.6 is 0 Å². The predicted octanol–water partition coefficient (Wildman–Crippen LogP) is 3.44. The lowest BCUT2D eigenvalue weighted by molar-refractivity contribution is 0.159. The Labute approximate surface area is 129 Å². The molecule has 1 saturated heterocycles. The molecule has 0 spiro atoms. The van der Waals surface area contributed by atoms with Gasteiger partial charge in [0.25, 0.3) is 0 Å². The van der Waals surface area contributed by atoms with Crippen molar-refractivity contribution in [3.63, 3.8) is 0 Å². The lowest BCUT2D eigenvalue weighted by Gasteiger charge is -2.27. The summed E-state index contributed by atoms with van der Waals surface area (Å²) in [5.41, 5.74) is 1.31. The highest BCUT2D eigenvalue weighted by Gasteiger charge is 2.28. The summed E-state index contributed by atoms with van der Waals surface area (Å²) in [6.07, 6.45) is 3.93. The third kappa shape index (κ3) is 4.72. The second-order valence-corrected chi connectivity index (χ2v) is 6.00. The third-order valence-electron chi connectivity index (χ3n) is 4.54. The summed E-state index contributed by atoms with van der Waals surface area (Å²) in [5.74, 6) is 0.982. The van der Waals surface area contributed by atoms with Crippen LogP contribution in [0.1, 0.15) is 45.6 Å². The van der Waals surface area contributed by atoms with Crippen LogP contribution in [0.25, 0.3) is 0 Å². The van der Waals surface area contributed by atoms with Gasteiger partial charge in [0.1, 0.15) is 12.4 Å². The molecule has 2 rings (SSSR count). The smallest absolute Gasteiger partial charge is 0.119 e. The van der Waals surface area contributed by atoms with E-state index in [2.05, 4.69) is 55.3 Å². The first-order valence-corrected chi connectivity index (χ1v) is 8.42. The van der Waals surface area contributed by atoms with E-state index in [9.17, 15) is 0 Å². The van der Waals surface area contributed by atoms with Gasteiger partial charge in [0, 0.05) is 25.2 Å². The van der Waals surface area contributed by atoms with Crippen LogP contribution in [0.2, 0.25) is 0 Å². The first kappa shape index (κ1) is 16.3. The summed E-state index contributed by atoms with van der Waals surface area (Å²) in [6, 6.07) is 9.91. The van der Waals surface area contributed by atoms with E-state index in [4.69, 9.17) is 4.74 Å². The van der Waals surface area contributed by atoms with Crippen LogP contribution in [-0.4, -0.2) is 36.7 Å². The molecule has 1 aliphatic heterocycles. The van der Waals surface area contributed by atoms with Crippen LogP contribution in [0.4, 0.5) is 0 Å². The molecular formula is C18H30N2O. The second-order valence-electron chi connectivity index (χ2n) is 6.00. The average Bonchev–Trinajstić information content (AvgIpc) is 2.87. The maximum atomic E-state index is 5.91. The number of rotatable bonds is 8. The molecule has 0 aromatic heterocycles. The number of likely N-dealkylation sites (tertiary alicyclic amines) is 1. The summed E-state index contributed by atoms with van der Waals surface area (Å²) < 4.78 is 5.91. The predicted molar refractivity (Wildman–Crippen MR) is 88.8 cm³/mol. The molecule has 0 radical (unpaired) electrons. The summed E-state index contributed by atoms with van der Waals surface area (Å²) in [6.45, 7) is 10.5. The molecule has 3 heteroatoms. The zero-order valence-corrected chi connectivity index (χ0v) is 13.8. The minimum atomic E-state index is 0.709. The summed E-state index contributed by atoms with van der Waals surface area (Å²) in [7, 11) is 0. The fourth-order valence-electron chi connectivity index (χ4n) is 3.21. The minimum absolute atomic E-state index is 0.709. The van der Waals surface area contributed by atoms with Crippen LogP contribution < -0.4 is 10.1 Å². The van der Waals surface area contributed by atoms with E-state index in [1.54, 1.807) is 0 Å². The highest BCUT2D eigenvalue weighted by molar-refractivity contribution is 5.27. The van der Waals surface area contributed by atoms with Crippen molar-refractivity contribution >= 4 is 0 Å². The lowest BCUT2D eigenvalue weighted by atomic mass is 10.1. The van der Waals surface area contributed by atoms with Gasteiger partial charge in [-0.25, -0.2) is 0 Å². The standard InChI is InChI=1S/C18H30N2O/c1-4-17-9-6-15(3)20(17)12-13-21-18-10-7-16(8-11-18)14-19-5-2/h7-8,10-11,15,17,19H,4-6,9,12-14H2,1-3H3. The molecular weight excluding hydrogens is 260 g/mol. The van der Waals surface area contributed by atoms with Crippen molar-refractivity contribution in [3.8, 4) is 5.75 Å². The van der Waals surface area contributed by atoms with Crippen molar-refractivity contribution in [2.45, 2.75) is 58.7 Å². The van der Waals surface area contributed by atoms with E-state index >= 15 is 0 Å². The molecule has 1 aliphatic rings. The molecule has 0 aliphatic carbocycles. The normalized spacial score (nSPS) is 22.6. The number of ether oxygens (including phenoxy) is 1. The molecule has 118 valence electrons. The zero-order chi connectivity index (χ0) is 15.1. The van der Waals surface area contributed by atoms with Gasteiger partial charge in [-0.3, -0.25) is 4.90 Å². The van der Waals surface area contributed by atoms with Crippen LogP contribution in [0, 0.1) is 0 Å². The Morgan fingerprint density at radius 2 is 1.95 bits per heavy atom. The molecule has 21 heavy (non-hydrogen) atoms. The van der Waals surface area contributed by atoms with Gasteiger partial charge >= 0.3 is 0 Å². The van der Waals surface area contributed by atoms with Gasteiger partial charge in [0.2, 0.25) is 0 Å². The van der Waals surface area contributed by atoms with Gasteiger partial charge in [0.05, 0.1) is 0 Å². The Balaban J connectivity index is 1.75. The minimum Gasteiger partial charge on any atom is -0.492 e. The summed E-state index contributed by atoms with van der Waals surface area (Å²) >= 11 is 0. The fourth-order valence-corrected chi connectivity index (χ4v) is 3.21. The number of nitrogens with zero attached hydrogens (tertiary/aromatic N) is 1. The van der Waals surface area contributed by atoms with Gasteiger partial charge in [-0.15, -0.1) is 0 Å². The second kappa shape index (κ2) is 8.40. The van der Waals surface area contributed by atoms with E-state index in [0.717, 1.165) is 38.0 Å². The molecule has 2 atom stereocenters. The van der Waals surface area contributed by atoms with Gasteiger partial charge in [-0.05, 0) is 50.4 Å². The summed E-state index contributed by atoms with van der Waals surface area (Å²) in [5, 5.41) is 3.33. The quantitative estimate of drug-likeness (QED) is 0.794. The van der Waals surface area contributed by atoms with E-state index < -0.39 is 0 Å². The summed E-state index contributed by atoms with van der Waals surface area (Å²) in [4.78, 5) is 2.61. The largest absolute Gasteiger partial charge is 0.492 e. The van der Waals surface area contributed by atoms with Gasteiger partial charge < -0.3 is 10.1 Å². The van der Waals surface area contributed by atoms with E-state index in [1.165, 1.54) is 24.8 Å². The van der Waals surface area contributed by atoms with E-state index in [0.29, 0.717) is 6.04 Å². The third-order valence-corrected chi connectivity index (χ3v) is 4.54. The van der Waals surface area contributed by atoms with Crippen LogP contribution in [-0.2, 0) is 6.54 Å². The Hall–Kier alpha value is -1.06. The Morgan fingerprint density at radius 3 is 2.62 bits per heavy atom. The molecule has 1 fully saturated rings. The highest BCUT2D eigenvalue weighted by Crippen LogP contribution is 2.25. The van der Waals surface area contributed by atoms with Crippen molar-refractivity contribution in [1.82, 2.24) is 10.2 Å². The van der Waals surface area contributed by atoms with Gasteiger partial charge in [-0.1, -0.05) is 26.0 Å². The monoisotopic (exact) mass is 290 g/mol. The first-order chi connectivity index (χ1) is 10.2. The molecule has 0 saturated carbocycles. The highest BCUT2D eigenvalue weighted by atomic mass is 16.5. The van der Waals surface area contributed by atoms with Crippen molar-refractivity contribution in [2.24, 2.45) is 0 Å². The van der Waals surface area contributed by atoms with Crippen molar-refractivity contribution < 1.29 is 4.74 Å². The van der Waals surface area contributed by atoms with Gasteiger partial charge in [0.15, 0.2) is 0 Å². The topological polar surface area (TPSA) is 24.5 Å². The van der Waals surface area contributed by atoms with Crippen LogP contribution in [0.5, 0.6) is 5.75 Å². The lowest BCUT2D eigenvalue weighted by Crippen LogP contribution is -2.37. The Bertz CT molecular complexity index is 404. The van der Waals surface area contributed by atoms with Crippen molar-refractivity contribution in [3.05, 3.63) is 29.8 Å².